The minimum absolute atomic E-state index is 0.270. The van der Waals surface area contributed by atoms with E-state index in [-0.39, 0.29) is 4.21 Å². The van der Waals surface area contributed by atoms with Gasteiger partial charge < -0.3 is 9.42 Å². The molecule has 27 heavy (non-hydrogen) atoms. The Bertz CT molecular complexity index is 1020. The highest BCUT2D eigenvalue weighted by Gasteiger charge is 2.29. The van der Waals surface area contributed by atoms with Crippen LogP contribution in [0.1, 0.15) is 6.42 Å². The molecule has 0 aliphatic carbocycles. The SMILES string of the molecule is O=S(=O)(c1ccc(Cl)s1)N1CCCN(c2noc(-c3ccccc3)n2)CC1. The van der Waals surface area contributed by atoms with Crippen molar-refractivity contribution in [3.05, 3.63) is 46.8 Å². The largest absolute Gasteiger partial charge is 0.337 e. The van der Waals surface area contributed by atoms with Gasteiger partial charge in [0.05, 0.1) is 4.34 Å². The van der Waals surface area contributed by atoms with Crippen LogP contribution in [0.5, 0.6) is 0 Å². The van der Waals surface area contributed by atoms with Crippen LogP contribution in [0.3, 0.4) is 0 Å². The summed E-state index contributed by atoms with van der Waals surface area (Å²) < 4.78 is 33.2. The second-order valence-electron chi connectivity index (χ2n) is 6.07. The summed E-state index contributed by atoms with van der Waals surface area (Å²) in [6.45, 7) is 1.95. The second-order valence-corrected chi connectivity index (χ2v) is 9.95. The van der Waals surface area contributed by atoms with E-state index in [4.69, 9.17) is 16.1 Å². The zero-order chi connectivity index (χ0) is 18.9. The predicted octanol–water partition coefficient (Wildman–Crippen LogP) is 3.35. The van der Waals surface area contributed by atoms with Gasteiger partial charge in [0.25, 0.3) is 21.9 Å². The molecule has 1 aliphatic heterocycles. The Balaban J connectivity index is 1.48. The molecule has 0 atom stereocenters. The van der Waals surface area contributed by atoms with Gasteiger partial charge >= 0.3 is 0 Å². The summed E-state index contributed by atoms with van der Waals surface area (Å²) >= 11 is 6.97. The molecule has 142 valence electrons. The number of anilines is 1. The first-order valence-electron chi connectivity index (χ1n) is 8.43. The van der Waals surface area contributed by atoms with Crippen LogP contribution in [0.15, 0.2) is 51.2 Å². The van der Waals surface area contributed by atoms with E-state index in [1.165, 1.54) is 4.31 Å². The summed E-state index contributed by atoms with van der Waals surface area (Å²) in [7, 11) is -3.53. The Morgan fingerprint density at radius 2 is 1.85 bits per heavy atom. The molecule has 0 radical (unpaired) electrons. The molecule has 3 aromatic rings. The summed E-state index contributed by atoms with van der Waals surface area (Å²) in [6.07, 6.45) is 0.674. The Kier molecular flexibility index (Phi) is 5.18. The van der Waals surface area contributed by atoms with Crippen LogP contribution in [0.2, 0.25) is 4.34 Å². The van der Waals surface area contributed by atoms with Gasteiger partial charge in [-0.05, 0) is 35.8 Å². The quantitative estimate of drug-likeness (QED) is 0.639. The van der Waals surface area contributed by atoms with E-state index >= 15 is 0 Å². The number of hydrogen-bond donors (Lipinski definition) is 0. The first kappa shape index (κ1) is 18.4. The molecular weight excluding hydrogens is 408 g/mol. The number of sulfonamides is 1. The van der Waals surface area contributed by atoms with Crippen molar-refractivity contribution < 1.29 is 12.9 Å². The maximum absolute atomic E-state index is 12.8. The maximum atomic E-state index is 12.8. The van der Waals surface area contributed by atoms with Crippen molar-refractivity contribution in [2.24, 2.45) is 0 Å². The van der Waals surface area contributed by atoms with Gasteiger partial charge in [0.2, 0.25) is 0 Å². The van der Waals surface area contributed by atoms with E-state index < -0.39 is 10.0 Å². The van der Waals surface area contributed by atoms with Gasteiger partial charge in [0, 0.05) is 31.7 Å². The summed E-state index contributed by atoms with van der Waals surface area (Å²) in [5.74, 6) is 0.930. The highest BCUT2D eigenvalue weighted by molar-refractivity contribution is 7.91. The third-order valence-electron chi connectivity index (χ3n) is 4.32. The average Bonchev–Trinajstić information content (AvgIpc) is 3.26. The zero-order valence-electron chi connectivity index (χ0n) is 14.3. The Morgan fingerprint density at radius 1 is 1.04 bits per heavy atom. The van der Waals surface area contributed by atoms with Crippen molar-refractivity contribution in [2.75, 3.05) is 31.1 Å². The van der Waals surface area contributed by atoms with Gasteiger partial charge in [0.1, 0.15) is 4.21 Å². The minimum atomic E-state index is -3.53. The normalized spacial score (nSPS) is 16.4. The van der Waals surface area contributed by atoms with Crippen LogP contribution in [0.4, 0.5) is 5.95 Å². The number of nitrogens with zero attached hydrogens (tertiary/aromatic N) is 4. The van der Waals surface area contributed by atoms with Crippen molar-refractivity contribution in [1.29, 1.82) is 0 Å². The molecule has 3 heterocycles. The third kappa shape index (κ3) is 3.86. The average molecular weight is 425 g/mol. The van der Waals surface area contributed by atoms with Crippen LogP contribution in [-0.2, 0) is 10.0 Å². The minimum Gasteiger partial charge on any atom is -0.337 e. The molecule has 0 saturated carbocycles. The number of benzene rings is 1. The van der Waals surface area contributed by atoms with Crippen LogP contribution in [0, 0.1) is 0 Å². The highest BCUT2D eigenvalue weighted by atomic mass is 35.5. The van der Waals surface area contributed by atoms with E-state index in [0.29, 0.717) is 48.8 Å². The molecule has 0 bridgehead atoms. The smallest absolute Gasteiger partial charge is 0.266 e. The van der Waals surface area contributed by atoms with Gasteiger partial charge in [-0.1, -0.05) is 29.8 Å². The standard InChI is InChI=1S/C17H17ClN4O3S2/c18-14-7-8-15(26-14)27(23,24)22-10-4-9-21(11-12-22)17-19-16(25-20-17)13-5-2-1-3-6-13/h1-3,5-8H,4,9-12H2. The molecule has 0 spiro atoms. The molecular formula is C17H17ClN4O3S2. The Labute approximate surface area is 166 Å². The van der Waals surface area contributed by atoms with Crippen LogP contribution >= 0.6 is 22.9 Å². The highest BCUT2D eigenvalue weighted by Crippen LogP contribution is 2.29. The van der Waals surface area contributed by atoms with Gasteiger partial charge in [-0.2, -0.15) is 9.29 Å². The molecule has 2 aromatic heterocycles. The zero-order valence-corrected chi connectivity index (χ0v) is 16.7. The number of halogens is 1. The summed E-state index contributed by atoms with van der Waals surface area (Å²) in [5, 5.41) is 4.06. The fraction of sp³-hybridized carbons (Fsp3) is 0.294. The fourth-order valence-electron chi connectivity index (χ4n) is 2.94. The fourth-order valence-corrected chi connectivity index (χ4v) is 6.05. The van der Waals surface area contributed by atoms with Crippen LogP contribution in [-0.4, -0.2) is 49.0 Å². The molecule has 4 rings (SSSR count). The first-order chi connectivity index (χ1) is 13.0. The molecule has 7 nitrogen and oxygen atoms in total. The predicted molar refractivity (Wildman–Crippen MR) is 105 cm³/mol. The molecule has 10 heteroatoms. The maximum Gasteiger partial charge on any atom is 0.266 e. The second kappa shape index (κ2) is 7.59. The van der Waals surface area contributed by atoms with E-state index in [0.717, 1.165) is 16.9 Å². The molecule has 0 N–H and O–H groups in total. The van der Waals surface area contributed by atoms with Crippen LogP contribution in [0.25, 0.3) is 11.5 Å². The lowest BCUT2D eigenvalue weighted by Crippen LogP contribution is -2.35. The molecule has 0 unspecified atom stereocenters. The van der Waals surface area contributed by atoms with Crippen molar-refractivity contribution in [1.82, 2.24) is 14.4 Å². The summed E-state index contributed by atoms with van der Waals surface area (Å²) in [4.78, 5) is 6.41. The summed E-state index contributed by atoms with van der Waals surface area (Å²) in [5.41, 5.74) is 0.852. The molecule has 1 saturated heterocycles. The van der Waals surface area contributed by atoms with E-state index in [9.17, 15) is 8.42 Å². The topological polar surface area (TPSA) is 79.5 Å². The van der Waals surface area contributed by atoms with Gasteiger partial charge in [-0.3, -0.25) is 0 Å². The van der Waals surface area contributed by atoms with Gasteiger partial charge in [-0.25, -0.2) is 8.42 Å². The third-order valence-corrected chi connectivity index (χ3v) is 7.91. The van der Waals surface area contributed by atoms with Crippen molar-refractivity contribution in [3.8, 4) is 11.5 Å². The van der Waals surface area contributed by atoms with E-state index in [1.807, 2.05) is 35.2 Å². The number of rotatable bonds is 4. The van der Waals surface area contributed by atoms with Gasteiger partial charge in [-0.15, -0.1) is 11.3 Å². The van der Waals surface area contributed by atoms with E-state index in [1.54, 1.807) is 12.1 Å². The van der Waals surface area contributed by atoms with Crippen LogP contribution < -0.4 is 4.90 Å². The number of hydrogen-bond acceptors (Lipinski definition) is 7. The van der Waals surface area contributed by atoms with Crippen molar-refractivity contribution >= 4 is 38.9 Å². The first-order valence-corrected chi connectivity index (χ1v) is 11.1. The lowest BCUT2D eigenvalue weighted by Gasteiger charge is -2.20. The van der Waals surface area contributed by atoms with Gasteiger partial charge in [0.15, 0.2) is 0 Å². The van der Waals surface area contributed by atoms with Crippen molar-refractivity contribution in [3.63, 3.8) is 0 Å². The lowest BCUT2D eigenvalue weighted by atomic mass is 10.2. The van der Waals surface area contributed by atoms with E-state index in [2.05, 4.69) is 10.1 Å². The molecule has 1 aromatic carbocycles. The number of thiophene rings is 1. The molecule has 0 amide bonds. The molecule has 1 aliphatic rings. The molecule has 1 fully saturated rings. The summed E-state index contributed by atoms with van der Waals surface area (Å²) in [6, 6.07) is 12.7. The lowest BCUT2D eigenvalue weighted by molar-refractivity contribution is 0.427. The van der Waals surface area contributed by atoms with Crippen molar-refractivity contribution in [2.45, 2.75) is 10.6 Å². The Hall–Kier alpha value is -1.94. The monoisotopic (exact) mass is 424 g/mol. The Morgan fingerprint density at radius 3 is 2.59 bits per heavy atom. The number of aromatic nitrogens is 2.